The molecule has 1 amide bonds. The predicted molar refractivity (Wildman–Crippen MR) is 68.8 cm³/mol. The predicted octanol–water partition coefficient (Wildman–Crippen LogP) is 1.32. The monoisotopic (exact) mass is 245 g/mol. The van der Waals surface area contributed by atoms with Crippen molar-refractivity contribution in [3.63, 3.8) is 0 Å². The van der Waals surface area contributed by atoms with Crippen molar-refractivity contribution in [1.82, 2.24) is 15.2 Å². The minimum absolute atomic E-state index is 0.0370. The highest BCUT2D eigenvalue weighted by Crippen LogP contribution is 2.22. The van der Waals surface area contributed by atoms with Gasteiger partial charge in [0, 0.05) is 18.8 Å². The number of hydrogen-bond donors (Lipinski definition) is 1. The highest BCUT2D eigenvalue weighted by molar-refractivity contribution is 5.82. The summed E-state index contributed by atoms with van der Waals surface area (Å²) in [6, 6.07) is 6.48. The fraction of sp³-hybridized carbons (Fsp3) is 0.571. The minimum atomic E-state index is 0.0370. The van der Waals surface area contributed by atoms with Gasteiger partial charge >= 0.3 is 0 Å². The topological polar surface area (TPSA) is 45.2 Å². The third-order valence-electron chi connectivity index (χ3n) is 3.62. The average Bonchev–Trinajstić information content (AvgIpc) is 3.20. The summed E-state index contributed by atoms with van der Waals surface area (Å²) in [7, 11) is 0. The van der Waals surface area contributed by atoms with Gasteiger partial charge in [0.25, 0.3) is 0 Å². The summed E-state index contributed by atoms with van der Waals surface area (Å²) < 4.78 is 0. The van der Waals surface area contributed by atoms with Crippen LogP contribution in [0.1, 0.15) is 31.4 Å². The Morgan fingerprint density at radius 1 is 1.33 bits per heavy atom. The van der Waals surface area contributed by atoms with Gasteiger partial charge in [0.1, 0.15) is 0 Å². The fourth-order valence-corrected chi connectivity index (χ4v) is 2.47. The van der Waals surface area contributed by atoms with Gasteiger partial charge in [0.15, 0.2) is 0 Å². The Bertz CT molecular complexity index is 416. The lowest BCUT2D eigenvalue weighted by Gasteiger charge is -2.32. The highest BCUT2D eigenvalue weighted by atomic mass is 16.2. The molecule has 1 N–H and O–H groups in total. The number of likely N-dealkylation sites (tertiary alicyclic amines) is 1. The zero-order valence-corrected chi connectivity index (χ0v) is 10.5. The van der Waals surface area contributed by atoms with Crippen molar-refractivity contribution in [2.24, 2.45) is 0 Å². The molecule has 2 aliphatic rings. The lowest BCUT2D eigenvalue weighted by molar-refractivity contribution is -0.136. The molecule has 1 atom stereocenters. The quantitative estimate of drug-likeness (QED) is 0.870. The molecule has 2 heterocycles. The van der Waals surface area contributed by atoms with E-state index in [-0.39, 0.29) is 11.9 Å². The van der Waals surface area contributed by atoms with Crippen LogP contribution in [0.2, 0.25) is 0 Å². The molecule has 1 aliphatic heterocycles. The molecule has 4 nitrogen and oxygen atoms in total. The van der Waals surface area contributed by atoms with Crippen molar-refractivity contribution in [3.8, 4) is 0 Å². The minimum Gasteiger partial charge on any atom is -0.335 e. The van der Waals surface area contributed by atoms with E-state index >= 15 is 0 Å². The third-order valence-corrected chi connectivity index (χ3v) is 3.62. The maximum absolute atomic E-state index is 12.3. The molecule has 0 spiro atoms. The molecule has 1 unspecified atom stereocenters. The molecule has 1 aromatic rings. The van der Waals surface area contributed by atoms with Gasteiger partial charge in [-0.05, 0) is 37.8 Å². The first-order valence-corrected chi connectivity index (χ1v) is 6.77. The summed E-state index contributed by atoms with van der Waals surface area (Å²) in [5.74, 6) is 0.249. The number of amides is 1. The SMILES string of the molecule is O=C1C(NC2CC2)CCCN1Cc1ccccn1. The van der Waals surface area contributed by atoms with Gasteiger partial charge in [-0.15, -0.1) is 0 Å². The number of nitrogens with zero attached hydrogens (tertiary/aromatic N) is 2. The Kier molecular flexibility index (Phi) is 3.28. The van der Waals surface area contributed by atoms with Crippen LogP contribution in [0.5, 0.6) is 0 Å². The number of pyridine rings is 1. The first-order valence-electron chi connectivity index (χ1n) is 6.77. The van der Waals surface area contributed by atoms with Crippen molar-refractivity contribution in [1.29, 1.82) is 0 Å². The van der Waals surface area contributed by atoms with Crippen LogP contribution < -0.4 is 5.32 Å². The van der Waals surface area contributed by atoms with Gasteiger partial charge < -0.3 is 10.2 Å². The maximum Gasteiger partial charge on any atom is 0.240 e. The van der Waals surface area contributed by atoms with Gasteiger partial charge in [-0.3, -0.25) is 9.78 Å². The number of aromatic nitrogens is 1. The lowest BCUT2D eigenvalue weighted by Crippen LogP contribution is -2.50. The molecular weight excluding hydrogens is 226 g/mol. The van der Waals surface area contributed by atoms with Gasteiger partial charge in [-0.2, -0.15) is 0 Å². The molecule has 0 aromatic carbocycles. The molecule has 4 heteroatoms. The third kappa shape index (κ3) is 2.70. The first-order chi connectivity index (χ1) is 8.83. The van der Waals surface area contributed by atoms with E-state index in [1.807, 2.05) is 23.1 Å². The summed E-state index contributed by atoms with van der Waals surface area (Å²) in [6.45, 7) is 1.50. The van der Waals surface area contributed by atoms with E-state index < -0.39 is 0 Å². The van der Waals surface area contributed by atoms with Crippen LogP contribution in [0.3, 0.4) is 0 Å². The van der Waals surface area contributed by atoms with Crippen LogP contribution >= 0.6 is 0 Å². The first kappa shape index (κ1) is 11.7. The largest absolute Gasteiger partial charge is 0.335 e. The van der Waals surface area contributed by atoms with Crippen LogP contribution in [-0.4, -0.2) is 34.4 Å². The Morgan fingerprint density at radius 3 is 2.94 bits per heavy atom. The molecular formula is C14H19N3O. The number of carbonyl (C=O) groups is 1. The van der Waals surface area contributed by atoms with E-state index in [9.17, 15) is 4.79 Å². The van der Waals surface area contributed by atoms with E-state index in [0.29, 0.717) is 12.6 Å². The Hall–Kier alpha value is -1.42. The van der Waals surface area contributed by atoms with Crippen LogP contribution in [0.25, 0.3) is 0 Å². The number of rotatable bonds is 4. The molecule has 3 rings (SSSR count). The van der Waals surface area contributed by atoms with Crippen molar-refractivity contribution < 1.29 is 4.79 Å². The second kappa shape index (κ2) is 5.06. The van der Waals surface area contributed by atoms with Gasteiger partial charge in [-0.1, -0.05) is 6.07 Å². The second-order valence-corrected chi connectivity index (χ2v) is 5.22. The van der Waals surface area contributed by atoms with Crippen LogP contribution in [0, 0.1) is 0 Å². The number of piperidine rings is 1. The van der Waals surface area contributed by atoms with Gasteiger partial charge in [-0.25, -0.2) is 0 Å². The number of nitrogens with one attached hydrogen (secondary N) is 1. The molecule has 96 valence electrons. The summed E-state index contributed by atoms with van der Waals surface area (Å²) >= 11 is 0. The summed E-state index contributed by atoms with van der Waals surface area (Å²) in [6.07, 6.45) is 6.30. The van der Waals surface area contributed by atoms with E-state index in [4.69, 9.17) is 0 Å². The van der Waals surface area contributed by atoms with Crippen LogP contribution in [0.15, 0.2) is 24.4 Å². The normalized spacial score (nSPS) is 24.3. The van der Waals surface area contributed by atoms with Gasteiger partial charge in [0.05, 0.1) is 18.3 Å². The summed E-state index contributed by atoms with van der Waals surface area (Å²) in [4.78, 5) is 18.6. The van der Waals surface area contributed by atoms with E-state index in [1.165, 1.54) is 12.8 Å². The standard InChI is InChI=1S/C14H19N3O/c18-14-13(16-11-6-7-11)5-3-9-17(14)10-12-4-1-2-8-15-12/h1-2,4,8,11,13,16H,3,5-7,9-10H2. The zero-order chi connectivity index (χ0) is 12.4. The van der Waals surface area contributed by atoms with Crippen molar-refractivity contribution in [3.05, 3.63) is 30.1 Å². The summed E-state index contributed by atoms with van der Waals surface area (Å²) in [5, 5.41) is 3.45. The Morgan fingerprint density at radius 2 is 2.22 bits per heavy atom. The molecule has 1 aliphatic carbocycles. The second-order valence-electron chi connectivity index (χ2n) is 5.22. The summed E-state index contributed by atoms with van der Waals surface area (Å²) in [5.41, 5.74) is 0.970. The van der Waals surface area contributed by atoms with E-state index in [1.54, 1.807) is 6.20 Å². The van der Waals surface area contributed by atoms with E-state index in [0.717, 1.165) is 25.1 Å². The number of hydrogen-bond acceptors (Lipinski definition) is 3. The average molecular weight is 245 g/mol. The van der Waals surface area contributed by atoms with Crippen molar-refractivity contribution in [2.45, 2.75) is 44.3 Å². The Labute approximate surface area is 107 Å². The molecule has 2 fully saturated rings. The van der Waals surface area contributed by atoms with Crippen LogP contribution in [-0.2, 0) is 11.3 Å². The van der Waals surface area contributed by atoms with Crippen molar-refractivity contribution >= 4 is 5.91 Å². The maximum atomic E-state index is 12.3. The number of carbonyl (C=O) groups excluding carboxylic acids is 1. The van der Waals surface area contributed by atoms with Gasteiger partial charge in [0.2, 0.25) is 5.91 Å². The lowest BCUT2D eigenvalue weighted by atomic mass is 10.0. The smallest absolute Gasteiger partial charge is 0.240 e. The molecule has 1 saturated carbocycles. The molecule has 1 saturated heterocycles. The molecule has 0 bridgehead atoms. The van der Waals surface area contributed by atoms with Crippen LogP contribution in [0.4, 0.5) is 0 Å². The highest BCUT2D eigenvalue weighted by Gasteiger charge is 2.33. The molecule has 18 heavy (non-hydrogen) atoms. The Balaban J connectivity index is 1.62. The molecule has 1 aromatic heterocycles. The molecule has 0 radical (unpaired) electrons. The van der Waals surface area contributed by atoms with Crippen molar-refractivity contribution in [2.75, 3.05) is 6.54 Å². The van der Waals surface area contributed by atoms with E-state index in [2.05, 4.69) is 10.3 Å². The zero-order valence-electron chi connectivity index (χ0n) is 10.5. The fourth-order valence-electron chi connectivity index (χ4n) is 2.47.